The molecule has 0 aliphatic rings. The van der Waals surface area contributed by atoms with E-state index < -0.39 is 0 Å². The Morgan fingerprint density at radius 1 is 0.458 bits per heavy atom. The van der Waals surface area contributed by atoms with Crippen molar-refractivity contribution >= 4 is 44.3 Å². The molecule has 0 fully saturated rings. The van der Waals surface area contributed by atoms with Crippen LogP contribution in [0.2, 0.25) is 0 Å². The molecule has 0 spiro atoms. The van der Waals surface area contributed by atoms with Gasteiger partial charge in [-0.3, -0.25) is 0 Å². The topological polar surface area (TPSA) is 76.8 Å². The Bertz CT molecular complexity index is 996. The number of hydrogen-bond donors (Lipinski definition) is 2. The molecule has 4 aromatic carbocycles. The van der Waals surface area contributed by atoms with Crippen molar-refractivity contribution in [2.24, 2.45) is 10.2 Å². The Hall–Kier alpha value is -3.40. The van der Waals surface area contributed by atoms with Crippen molar-refractivity contribution in [3.8, 4) is 0 Å². The molecule has 0 unspecified atom stereocenters. The monoisotopic (exact) mass is 312 g/mol. The molecule has 24 heavy (non-hydrogen) atoms. The molecule has 0 saturated carbocycles. The number of fused-ring (bicyclic) bond motifs is 2. The Kier molecular flexibility index (Phi) is 3.35. The fourth-order valence-electron chi connectivity index (χ4n) is 2.90. The van der Waals surface area contributed by atoms with Gasteiger partial charge in [-0.1, -0.05) is 48.5 Å². The summed E-state index contributed by atoms with van der Waals surface area (Å²) < 4.78 is 0. The highest BCUT2D eigenvalue weighted by molar-refractivity contribution is 6.01. The van der Waals surface area contributed by atoms with Gasteiger partial charge in [0.15, 0.2) is 0 Å². The van der Waals surface area contributed by atoms with Crippen LogP contribution >= 0.6 is 0 Å². The Morgan fingerprint density at radius 3 is 1.25 bits per heavy atom. The van der Waals surface area contributed by atoms with Gasteiger partial charge in [0.05, 0.1) is 11.4 Å². The van der Waals surface area contributed by atoms with Crippen LogP contribution in [0.5, 0.6) is 0 Å². The first kappa shape index (κ1) is 14.2. The predicted molar refractivity (Wildman–Crippen MR) is 101 cm³/mol. The third kappa shape index (κ3) is 2.34. The zero-order chi connectivity index (χ0) is 16.5. The van der Waals surface area contributed by atoms with Gasteiger partial charge < -0.3 is 11.5 Å². The van der Waals surface area contributed by atoms with E-state index >= 15 is 0 Å². The molecule has 0 atom stereocenters. The molecule has 0 radical (unpaired) electrons. The van der Waals surface area contributed by atoms with Gasteiger partial charge in [-0.2, -0.15) is 0 Å². The van der Waals surface area contributed by atoms with Gasteiger partial charge in [-0.15, -0.1) is 10.2 Å². The van der Waals surface area contributed by atoms with Crippen molar-refractivity contribution in [2.45, 2.75) is 0 Å². The van der Waals surface area contributed by atoms with Crippen molar-refractivity contribution in [3.63, 3.8) is 0 Å². The van der Waals surface area contributed by atoms with E-state index in [2.05, 4.69) is 10.2 Å². The molecular formula is C20H16N4. The molecule has 4 rings (SSSR count). The van der Waals surface area contributed by atoms with E-state index in [1.807, 2.05) is 72.8 Å². The molecule has 116 valence electrons. The Labute approximate surface area is 139 Å². The molecule has 0 aromatic heterocycles. The first-order chi connectivity index (χ1) is 11.7. The molecular weight excluding hydrogens is 296 g/mol. The van der Waals surface area contributed by atoms with Gasteiger partial charge >= 0.3 is 0 Å². The highest BCUT2D eigenvalue weighted by atomic mass is 15.1. The van der Waals surface area contributed by atoms with Crippen molar-refractivity contribution in [1.29, 1.82) is 0 Å². The Morgan fingerprint density at radius 2 is 0.833 bits per heavy atom. The van der Waals surface area contributed by atoms with Crippen LogP contribution in [0, 0.1) is 0 Å². The van der Waals surface area contributed by atoms with E-state index in [0.717, 1.165) is 44.3 Å². The summed E-state index contributed by atoms with van der Waals surface area (Å²) in [5, 5.41) is 12.8. The summed E-state index contributed by atoms with van der Waals surface area (Å²) in [5.74, 6) is 0. The van der Waals surface area contributed by atoms with E-state index in [1.54, 1.807) is 0 Å². The summed E-state index contributed by atoms with van der Waals surface area (Å²) in [6, 6.07) is 23.3. The minimum atomic E-state index is 0.738. The highest BCUT2D eigenvalue weighted by Gasteiger charge is 2.05. The van der Waals surface area contributed by atoms with E-state index in [-0.39, 0.29) is 0 Å². The number of anilines is 2. The summed E-state index contributed by atoms with van der Waals surface area (Å²) in [5.41, 5.74) is 15.1. The predicted octanol–water partition coefficient (Wildman–Crippen LogP) is 5.57. The molecule has 0 amide bonds. The highest BCUT2D eigenvalue weighted by Crippen LogP contribution is 2.34. The van der Waals surface area contributed by atoms with Crippen molar-refractivity contribution in [3.05, 3.63) is 72.8 Å². The third-order valence-corrected chi connectivity index (χ3v) is 4.14. The Balaban J connectivity index is 1.85. The SMILES string of the molecule is Nc1ccc(N=Nc2ccc(N)c3ccccc23)c2ccccc12. The number of nitrogens with two attached hydrogens (primary N) is 2. The molecule has 4 heteroatoms. The lowest BCUT2D eigenvalue weighted by Gasteiger charge is -2.06. The van der Waals surface area contributed by atoms with Crippen LogP contribution in [0.25, 0.3) is 21.5 Å². The van der Waals surface area contributed by atoms with Crippen LogP contribution in [-0.4, -0.2) is 0 Å². The van der Waals surface area contributed by atoms with Crippen LogP contribution in [0.3, 0.4) is 0 Å². The number of rotatable bonds is 2. The average Bonchev–Trinajstić information content (AvgIpc) is 2.63. The third-order valence-electron chi connectivity index (χ3n) is 4.14. The normalized spacial score (nSPS) is 11.5. The fraction of sp³-hybridized carbons (Fsp3) is 0. The zero-order valence-electron chi connectivity index (χ0n) is 13.0. The quantitative estimate of drug-likeness (QED) is 0.375. The van der Waals surface area contributed by atoms with Crippen LogP contribution < -0.4 is 11.5 Å². The summed E-state index contributed by atoms with van der Waals surface area (Å²) >= 11 is 0. The van der Waals surface area contributed by atoms with E-state index in [9.17, 15) is 0 Å². The molecule has 4 N–H and O–H groups in total. The van der Waals surface area contributed by atoms with Gasteiger partial charge in [-0.05, 0) is 24.3 Å². The molecule has 0 saturated heterocycles. The van der Waals surface area contributed by atoms with Gasteiger partial charge in [0.25, 0.3) is 0 Å². The zero-order valence-corrected chi connectivity index (χ0v) is 13.0. The van der Waals surface area contributed by atoms with E-state index in [1.165, 1.54) is 0 Å². The maximum absolute atomic E-state index is 6.04. The summed E-state index contributed by atoms with van der Waals surface area (Å²) in [4.78, 5) is 0. The van der Waals surface area contributed by atoms with E-state index in [0.29, 0.717) is 0 Å². The standard InChI is InChI=1S/C20H16N4/c21-17-9-11-19(15-7-3-1-5-13(15)17)23-24-20-12-10-18(22)14-6-2-4-8-16(14)20/h1-12H,21-22H2. The van der Waals surface area contributed by atoms with Gasteiger partial charge in [0.1, 0.15) is 0 Å². The number of nitrogens with zero attached hydrogens (tertiary/aromatic N) is 2. The number of benzene rings is 4. The molecule has 0 heterocycles. The van der Waals surface area contributed by atoms with Gasteiger partial charge in [0, 0.05) is 32.9 Å². The maximum atomic E-state index is 6.04. The molecule has 0 bridgehead atoms. The van der Waals surface area contributed by atoms with Crippen molar-refractivity contribution in [1.82, 2.24) is 0 Å². The number of azo groups is 1. The van der Waals surface area contributed by atoms with Crippen LogP contribution in [0.1, 0.15) is 0 Å². The minimum Gasteiger partial charge on any atom is -0.398 e. The van der Waals surface area contributed by atoms with Crippen LogP contribution in [-0.2, 0) is 0 Å². The summed E-state index contributed by atoms with van der Waals surface area (Å²) in [7, 11) is 0. The second kappa shape index (κ2) is 5.66. The average molecular weight is 312 g/mol. The number of hydrogen-bond acceptors (Lipinski definition) is 4. The molecule has 0 aliphatic carbocycles. The summed E-state index contributed by atoms with van der Waals surface area (Å²) in [6.45, 7) is 0. The van der Waals surface area contributed by atoms with Crippen molar-refractivity contribution in [2.75, 3.05) is 11.5 Å². The van der Waals surface area contributed by atoms with E-state index in [4.69, 9.17) is 11.5 Å². The lowest BCUT2D eigenvalue weighted by atomic mass is 10.1. The summed E-state index contributed by atoms with van der Waals surface area (Å²) in [6.07, 6.45) is 0. The second-order valence-corrected chi connectivity index (χ2v) is 5.64. The first-order valence-corrected chi connectivity index (χ1v) is 7.70. The maximum Gasteiger partial charge on any atom is 0.0936 e. The number of nitrogen functional groups attached to an aromatic ring is 2. The molecule has 0 aliphatic heterocycles. The second-order valence-electron chi connectivity index (χ2n) is 5.64. The lowest BCUT2D eigenvalue weighted by Crippen LogP contribution is -1.86. The van der Waals surface area contributed by atoms with Crippen LogP contribution in [0.4, 0.5) is 22.7 Å². The van der Waals surface area contributed by atoms with Crippen LogP contribution in [0.15, 0.2) is 83.0 Å². The van der Waals surface area contributed by atoms with Gasteiger partial charge in [0.2, 0.25) is 0 Å². The van der Waals surface area contributed by atoms with Gasteiger partial charge in [-0.25, -0.2) is 0 Å². The molecule has 4 nitrogen and oxygen atoms in total. The van der Waals surface area contributed by atoms with Crippen molar-refractivity contribution < 1.29 is 0 Å². The smallest absolute Gasteiger partial charge is 0.0936 e. The molecule has 4 aromatic rings. The minimum absolute atomic E-state index is 0.738. The first-order valence-electron chi connectivity index (χ1n) is 7.70. The lowest BCUT2D eigenvalue weighted by molar-refractivity contribution is 1.25. The fourth-order valence-corrected chi connectivity index (χ4v) is 2.90. The largest absolute Gasteiger partial charge is 0.398 e.